The van der Waals surface area contributed by atoms with Crippen molar-refractivity contribution >= 4 is 5.97 Å². The van der Waals surface area contributed by atoms with E-state index in [0.717, 1.165) is 12.1 Å². The van der Waals surface area contributed by atoms with Crippen LogP contribution in [0, 0.1) is 0 Å². The highest BCUT2D eigenvalue weighted by Crippen LogP contribution is 2.22. The number of carbonyl (C=O) groups is 1. The molecule has 4 heteroatoms. The van der Waals surface area contributed by atoms with Crippen LogP contribution in [-0.4, -0.2) is 34.2 Å². The van der Waals surface area contributed by atoms with Gasteiger partial charge in [0.15, 0.2) is 0 Å². The van der Waals surface area contributed by atoms with Crippen LogP contribution in [0.1, 0.15) is 31.9 Å². The highest BCUT2D eigenvalue weighted by molar-refractivity contribution is 5.66. The van der Waals surface area contributed by atoms with Crippen molar-refractivity contribution in [2.75, 3.05) is 13.1 Å². The maximum atomic E-state index is 10.6. The van der Waals surface area contributed by atoms with E-state index in [2.05, 4.69) is 4.90 Å². The fraction of sp³-hybridized carbons (Fsp3) is 0.462. The third-order valence-electron chi connectivity index (χ3n) is 2.94. The Morgan fingerprint density at radius 1 is 1.35 bits per heavy atom. The minimum absolute atomic E-state index is 0.149. The average molecular weight is 237 g/mol. The van der Waals surface area contributed by atoms with Gasteiger partial charge in [-0.05, 0) is 31.2 Å². The van der Waals surface area contributed by atoms with Gasteiger partial charge in [-0.3, -0.25) is 9.69 Å². The number of aliphatic carboxylic acids is 1. The number of nitrogens with zero attached hydrogens (tertiary/aromatic N) is 1. The van der Waals surface area contributed by atoms with Gasteiger partial charge in [-0.1, -0.05) is 19.1 Å². The SMILES string of the molecule is CCN(CCC(=O)O)C(C)c1ccc(O)cc1. The monoisotopic (exact) mass is 237 g/mol. The molecular formula is C13H19NO3. The number of carboxylic acids is 1. The van der Waals surface area contributed by atoms with E-state index in [9.17, 15) is 9.90 Å². The van der Waals surface area contributed by atoms with Gasteiger partial charge >= 0.3 is 5.97 Å². The van der Waals surface area contributed by atoms with Crippen LogP contribution < -0.4 is 0 Å². The molecule has 2 N–H and O–H groups in total. The van der Waals surface area contributed by atoms with Gasteiger partial charge in [0.2, 0.25) is 0 Å². The Labute approximate surface area is 101 Å². The molecule has 0 aliphatic carbocycles. The second-order valence-electron chi connectivity index (χ2n) is 4.04. The molecule has 0 aliphatic rings. The highest BCUT2D eigenvalue weighted by atomic mass is 16.4. The quantitative estimate of drug-likeness (QED) is 0.796. The molecule has 4 nitrogen and oxygen atoms in total. The van der Waals surface area contributed by atoms with Crippen LogP contribution in [0.2, 0.25) is 0 Å². The van der Waals surface area contributed by atoms with Crippen molar-refractivity contribution in [1.29, 1.82) is 0 Å². The van der Waals surface area contributed by atoms with Crippen LogP contribution >= 0.6 is 0 Å². The van der Waals surface area contributed by atoms with Gasteiger partial charge in [0.05, 0.1) is 6.42 Å². The topological polar surface area (TPSA) is 60.8 Å². The lowest BCUT2D eigenvalue weighted by molar-refractivity contribution is -0.137. The minimum Gasteiger partial charge on any atom is -0.508 e. The maximum absolute atomic E-state index is 10.6. The molecule has 1 aromatic carbocycles. The fourth-order valence-corrected chi connectivity index (χ4v) is 1.83. The van der Waals surface area contributed by atoms with E-state index in [4.69, 9.17) is 5.11 Å². The Morgan fingerprint density at radius 2 is 1.94 bits per heavy atom. The average Bonchev–Trinajstić information content (AvgIpc) is 2.30. The second-order valence-corrected chi connectivity index (χ2v) is 4.04. The normalized spacial score (nSPS) is 12.6. The summed E-state index contributed by atoms with van der Waals surface area (Å²) in [5, 5.41) is 17.9. The first-order chi connectivity index (χ1) is 8.04. The summed E-state index contributed by atoms with van der Waals surface area (Å²) < 4.78 is 0. The number of phenols is 1. The van der Waals surface area contributed by atoms with Crippen LogP contribution in [-0.2, 0) is 4.79 Å². The zero-order chi connectivity index (χ0) is 12.8. The lowest BCUT2D eigenvalue weighted by Gasteiger charge is -2.27. The second kappa shape index (κ2) is 6.25. The smallest absolute Gasteiger partial charge is 0.304 e. The lowest BCUT2D eigenvalue weighted by Crippen LogP contribution is -2.29. The maximum Gasteiger partial charge on any atom is 0.304 e. The Morgan fingerprint density at radius 3 is 2.41 bits per heavy atom. The minimum atomic E-state index is -0.777. The molecule has 0 heterocycles. The van der Waals surface area contributed by atoms with Gasteiger partial charge in [0, 0.05) is 12.6 Å². The first-order valence-electron chi connectivity index (χ1n) is 5.79. The molecule has 1 unspecified atom stereocenters. The van der Waals surface area contributed by atoms with Crippen LogP contribution in [0.25, 0.3) is 0 Å². The molecule has 0 spiro atoms. The van der Waals surface area contributed by atoms with E-state index < -0.39 is 5.97 Å². The van der Waals surface area contributed by atoms with E-state index in [-0.39, 0.29) is 18.2 Å². The Kier molecular flexibility index (Phi) is 4.97. The van der Waals surface area contributed by atoms with Gasteiger partial charge in [0.1, 0.15) is 5.75 Å². The molecule has 0 saturated heterocycles. The van der Waals surface area contributed by atoms with Crippen LogP contribution in [0.4, 0.5) is 0 Å². The number of carboxylic acid groups (broad SMARTS) is 1. The Hall–Kier alpha value is -1.55. The molecule has 0 aromatic heterocycles. The zero-order valence-corrected chi connectivity index (χ0v) is 10.3. The van der Waals surface area contributed by atoms with E-state index >= 15 is 0 Å². The molecule has 0 fully saturated rings. The third kappa shape index (κ3) is 4.07. The summed E-state index contributed by atoms with van der Waals surface area (Å²) in [7, 11) is 0. The summed E-state index contributed by atoms with van der Waals surface area (Å²) in [6.45, 7) is 5.39. The van der Waals surface area contributed by atoms with E-state index in [0.29, 0.717) is 6.54 Å². The number of hydrogen-bond acceptors (Lipinski definition) is 3. The summed E-state index contributed by atoms with van der Waals surface area (Å²) in [5.41, 5.74) is 1.08. The molecular weight excluding hydrogens is 218 g/mol. The Bertz CT molecular complexity index is 361. The molecule has 0 amide bonds. The van der Waals surface area contributed by atoms with Crippen molar-refractivity contribution in [1.82, 2.24) is 4.90 Å². The molecule has 94 valence electrons. The van der Waals surface area contributed by atoms with E-state index in [1.54, 1.807) is 12.1 Å². The third-order valence-corrected chi connectivity index (χ3v) is 2.94. The van der Waals surface area contributed by atoms with Crippen molar-refractivity contribution in [3.05, 3.63) is 29.8 Å². The molecule has 1 aromatic rings. The molecule has 0 saturated carbocycles. The number of benzene rings is 1. The zero-order valence-electron chi connectivity index (χ0n) is 10.3. The van der Waals surface area contributed by atoms with Gasteiger partial charge in [0.25, 0.3) is 0 Å². The summed E-state index contributed by atoms with van der Waals surface area (Å²) in [4.78, 5) is 12.7. The molecule has 1 atom stereocenters. The number of rotatable bonds is 6. The first-order valence-corrected chi connectivity index (χ1v) is 5.79. The first kappa shape index (κ1) is 13.5. The number of aromatic hydroxyl groups is 1. The fourth-order valence-electron chi connectivity index (χ4n) is 1.83. The van der Waals surface area contributed by atoms with Crippen molar-refractivity contribution < 1.29 is 15.0 Å². The van der Waals surface area contributed by atoms with Gasteiger partial charge in [-0.15, -0.1) is 0 Å². The molecule has 1 rings (SSSR count). The lowest BCUT2D eigenvalue weighted by atomic mass is 10.1. The standard InChI is InChI=1S/C13H19NO3/c1-3-14(9-8-13(16)17)10(2)11-4-6-12(15)7-5-11/h4-7,10,15H,3,8-9H2,1-2H3,(H,16,17). The summed E-state index contributed by atoms with van der Waals surface area (Å²) >= 11 is 0. The van der Waals surface area contributed by atoms with Crippen LogP contribution in [0.5, 0.6) is 5.75 Å². The Balaban J connectivity index is 2.68. The van der Waals surface area contributed by atoms with Crippen molar-refractivity contribution in [2.45, 2.75) is 26.3 Å². The molecule has 0 bridgehead atoms. The predicted octanol–water partition coefficient (Wildman–Crippen LogP) is 2.25. The summed E-state index contributed by atoms with van der Waals surface area (Å²) in [6, 6.07) is 7.18. The van der Waals surface area contributed by atoms with Crippen LogP contribution in [0.15, 0.2) is 24.3 Å². The molecule has 0 radical (unpaired) electrons. The van der Waals surface area contributed by atoms with Crippen molar-refractivity contribution in [2.24, 2.45) is 0 Å². The highest BCUT2D eigenvalue weighted by Gasteiger charge is 2.14. The number of phenolic OH excluding ortho intramolecular Hbond substituents is 1. The summed E-state index contributed by atoms with van der Waals surface area (Å²) in [6.07, 6.45) is 0.149. The van der Waals surface area contributed by atoms with Gasteiger partial charge < -0.3 is 10.2 Å². The van der Waals surface area contributed by atoms with Gasteiger partial charge in [-0.25, -0.2) is 0 Å². The van der Waals surface area contributed by atoms with Gasteiger partial charge in [-0.2, -0.15) is 0 Å². The van der Waals surface area contributed by atoms with E-state index in [1.807, 2.05) is 26.0 Å². The predicted molar refractivity (Wildman–Crippen MR) is 66.0 cm³/mol. The molecule has 0 aliphatic heterocycles. The van der Waals surface area contributed by atoms with Crippen LogP contribution in [0.3, 0.4) is 0 Å². The summed E-state index contributed by atoms with van der Waals surface area (Å²) in [5.74, 6) is -0.532. The number of hydrogen-bond donors (Lipinski definition) is 2. The van der Waals surface area contributed by atoms with E-state index in [1.165, 1.54) is 0 Å². The van der Waals surface area contributed by atoms with Crippen molar-refractivity contribution in [3.63, 3.8) is 0 Å². The largest absolute Gasteiger partial charge is 0.508 e. The van der Waals surface area contributed by atoms with Crippen molar-refractivity contribution in [3.8, 4) is 5.75 Å². The molecule has 17 heavy (non-hydrogen) atoms.